The zero-order valence-corrected chi connectivity index (χ0v) is 8.96. The molecule has 0 aliphatic carbocycles. The van der Waals surface area contributed by atoms with Gasteiger partial charge < -0.3 is 21.2 Å². The molecule has 0 aromatic heterocycles. The largest absolute Gasteiger partial charge is 0.547 e. The highest BCUT2D eigenvalue weighted by Crippen LogP contribution is 2.33. The Labute approximate surface area is 79.5 Å². The summed E-state index contributed by atoms with van der Waals surface area (Å²) in [6, 6.07) is 0. The van der Waals surface area contributed by atoms with E-state index < -0.39 is 17.5 Å². The van der Waals surface area contributed by atoms with Crippen LogP contribution in [0.5, 0.6) is 0 Å². The highest BCUT2D eigenvalue weighted by Gasteiger charge is 2.33. The normalized spacial score (nSPS) is 13.2. The Kier molecular flexibility index (Phi) is 6.80. The molecular weight excluding hydrogens is 170 g/mol. The maximum Gasteiger partial charge on any atom is 0.0989 e. The summed E-state index contributed by atoms with van der Waals surface area (Å²) < 4.78 is 0. The lowest BCUT2D eigenvalue weighted by Gasteiger charge is -2.36. The van der Waals surface area contributed by atoms with Crippen LogP contribution in [-0.2, 0) is 4.79 Å². The number of aliphatic hydroxyl groups is 1. The number of aliphatic hydroxyl groups excluding tert-OH is 1. The van der Waals surface area contributed by atoms with Crippen LogP contribution in [0.25, 0.3) is 0 Å². The molecule has 0 spiro atoms. The Balaban J connectivity index is 0. The van der Waals surface area contributed by atoms with Gasteiger partial charge in [-0.3, -0.25) is 0 Å². The number of hydrogen-bond donors (Lipinski definition) is 2. The van der Waals surface area contributed by atoms with Crippen LogP contribution in [0.15, 0.2) is 0 Å². The van der Waals surface area contributed by atoms with Crippen LogP contribution in [0, 0.1) is 5.41 Å². The maximum atomic E-state index is 10.5. The van der Waals surface area contributed by atoms with E-state index in [0.717, 1.165) is 0 Å². The van der Waals surface area contributed by atoms with Crippen molar-refractivity contribution in [2.75, 3.05) is 0 Å². The lowest BCUT2D eigenvalue weighted by atomic mass is 9.75. The molecule has 0 saturated heterocycles. The quantitative estimate of drug-likeness (QED) is 0.669. The van der Waals surface area contributed by atoms with Gasteiger partial charge in [-0.15, -0.1) is 0 Å². The number of carbonyl (C=O) groups excluding carboxylic acids is 1. The van der Waals surface area contributed by atoms with Crippen LogP contribution < -0.4 is 11.3 Å². The van der Waals surface area contributed by atoms with Crippen molar-refractivity contribution >= 4 is 5.97 Å². The first-order valence-corrected chi connectivity index (χ1v) is 4.43. The molecule has 0 bridgehead atoms. The highest BCUT2D eigenvalue weighted by molar-refractivity contribution is 5.70. The first-order valence-electron chi connectivity index (χ1n) is 4.43. The molecule has 1 unspecified atom stereocenters. The fourth-order valence-electron chi connectivity index (χ4n) is 1.58. The molecule has 0 aliphatic rings. The molecule has 4 heteroatoms. The van der Waals surface area contributed by atoms with E-state index in [1.165, 1.54) is 0 Å². The zero-order valence-electron chi connectivity index (χ0n) is 8.96. The van der Waals surface area contributed by atoms with Gasteiger partial charge in [0.1, 0.15) is 0 Å². The molecule has 0 rings (SSSR count). The second kappa shape index (κ2) is 5.94. The summed E-state index contributed by atoms with van der Waals surface area (Å²) >= 11 is 0. The van der Waals surface area contributed by atoms with Crippen LogP contribution in [0.4, 0.5) is 0 Å². The third kappa shape index (κ3) is 2.97. The van der Waals surface area contributed by atoms with Crippen LogP contribution >= 0.6 is 0 Å². The van der Waals surface area contributed by atoms with Gasteiger partial charge >= 0.3 is 0 Å². The predicted octanol–water partition coefficient (Wildman–Crippen LogP) is 0.690. The maximum absolute atomic E-state index is 10.5. The molecule has 0 saturated carbocycles. The van der Waals surface area contributed by atoms with E-state index in [4.69, 9.17) is 0 Å². The zero-order chi connectivity index (χ0) is 9.78. The Hall–Kier alpha value is -0.610. The Morgan fingerprint density at radius 1 is 1.31 bits per heavy atom. The topological polar surface area (TPSA) is 96.9 Å². The number of rotatable bonds is 5. The second-order valence-electron chi connectivity index (χ2n) is 3.14. The van der Waals surface area contributed by atoms with Gasteiger partial charge in [0.25, 0.3) is 0 Å². The van der Waals surface area contributed by atoms with Crippen LogP contribution in [0.3, 0.4) is 0 Å². The number of aliphatic carboxylic acids is 1. The summed E-state index contributed by atoms with van der Waals surface area (Å²) in [5, 5.41) is 19.8. The average Bonchev–Trinajstić information content (AvgIpc) is 2.08. The van der Waals surface area contributed by atoms with Gasteiger partial charge in [-0.1, -0.05) is 20.8 Å². The molecule has 0 fully saturated rings. The fraction of sp³-hybridized carbons (Fsp3) is 0.889. The van der Waals surface area contributed by atoms with Crippen molar-refractivity contribution in [1.29, 1.82) is 0 Å². The van der Waals surface area contributed by atoms with Gasteiger partial charge in [0.2, 0.25) is 0 Å². The van der Waals surface area contributed by atoms with E-state index in [-0.39, 0.29) is 6.15 Å². The molecule has 0 amide bonds. The second-order valence-corrected chi connectivity index (χ2v) is 3.14. The minimum absolute atomic E-state index is 0. The molecule has 4 nitrogen and oxygen atoms in total. The van der Waals surface area contributed by atoms with Gasteiger partial charge in [-0.25, -0.2) is 0 Å². The number of carbonyl (C=O) groups is 1. The molecule has 0 radical (unpaired) electrons. The van der Waals surface area contributed by atoms with Crippen LogP contribution in [0.1, 0.15) is 40.0 Å². The monoisotopic (exact) mass is 191 g/mol. The van der Waals surface area contributed by atoms with Crippen molar-refractivity contribution in [1.82, 2.24) is 6.15 Å². The van der Waals surface area contributed by atoms with E-state index in [2.05, 4.69) is 0 Å². The van der Waals surface area contributed by atoms with E-state index in [1.54, 1.807) is 0 Å². The third-order valence-corrected chi connectivity index (χ3v) is 2.92. The van der Waals surface area contributed by atoms with E-state index >= 15 is 0 Å². The Bertz CT molecular complexity index is 147. The lowest BCUT2D eigenvalue weighted by molar-refractivity contribution is -0.320. The molecule has 0 heterocycles. The van der Waals surface area contributed by atoms with Crippen LogP contribution in [-0.4, -0.2) is 17.2 Å². The smallest absolute Gasteiger partial charge is 0.0989 e. The van der Waals surface area contributed by atoms with Gasteiger partial charge in [0, 0.05) is 5.41 Å². The van der Waals surface area contributed by atoms with Crippen molar-refractivity contribution in [3.8, 4) is 0 Å². The SMILES string of the molecule is CCC(CC)(CC)C(O)C(=O)[O-].[NH4+]. The van der Waals surface area contributed by atoms with Gasteiger partial charge in [0.05, 0.1) is 12.1 Å². The molecule has 5 N–H and O–H groups in total. The first kappa shape index (κ1) is 14.9. The number of quaternary nitrogens is 1. The summed E-state index contributed by atoms with van der Waals surface area (Å²) in [5.74, 6) is -1.36. The number of carboxylic acids is 1. The van der Waals surface area contributed by atoms with E-state index in [9.17, 15) is 15.0 Å². The molecule has 80 valence electrons. The molecular formula is C9H21NO3. The minimum Gasteiger partial charge on any atom is -0.547 e. The van der Waals surface area contributed by atoms with Crippen molar-refractivity contribution in [3.05, 3.63) is 0 Å². The fourth-order valence-corrected chi connectivity index (χ4v) is 1.58. The van der Waals surface area contributed by atoms with E-state index in [1.807, 2.05) is 20.8 Å². The highest BCUT2D eigenvalue weighted by atomic mass is 16.4. The summed E-state index contributed by atoms with van der Waals surface area (Å²) in [6.45, 7) is 5.66. The summed E-state index contributed by atoms with van der Waals surface area (Å²) in [4.78, 5) is 10.5. The van der Waals surface area contributed by atoms with Crippen LogP contribution in [0.2, 0.25) is 0 Å². The van der Waals surface area contributed by atoms with Crippen molar-refractivity contribution in [2.45, 2.75) is 46.1 Å². The lowest BCUT2D eigenvalue weighted by Crippen LogP contribution is -2.47. The minimum atomic E-state index is -1.36. The summed E-state index contributed by atoms with van der Waals surface area (Å²) in [5.41, 5.74) is -0.501. The van der Waals surface area contributed by atoms with Gasteiger partial charge in [-0.2, -0.15) is 0 Å². The summed E-state index contributed by atoms with van der Waals surface area (Å²) in [6.07, 6.45) is 0.650. The Morgan fingerprint density at radius 3 is 1.69 bits per heavy atom. The number of carboxylic acid groups (broad SMARTS) is 1. The molecule has 1 atom stereocenters. The van der Waals surface area contributed by atoms with Crippen molar-refractivity contribution < 1.29 is 15.0 Å². The predicted molar refractivity (Wildman–Crippen MR) is 50.3 cm³/mol. The summed E-state index contributed by atoms with van der Waals surface area (Å²) in [7, 11) is 0. The van der Waals surface area contributed by atoms with Crippen molar-refractivity contribution in [2.24, 2.45) is 5.41 Å². The van der Waals surface area contributed by atoms with Gasteiger partial charge in [0.15, 0.2) is 0 Å². The van der Waals surface area contributed by atoms with Gasteiger partial charge in [-0.05, 0) is 19.3 Å². The first-order chi connectivity index (χ1) is 5.54. The van der Waals surface area contributed by atoms with Crippen molar-refractivity contribution in [3.63, 3.8) is 0 Å². The standard InChI is InChI=1S/C9H18O3.H3N/c1-4-9(5-2,6-3)7(10)8(11)12;/h7,10H,4-6H2,1-3H3,(H,11,12);1H3. The average molecular weight is 191 g/mol. The third-order valence-electron chi connectivity index (χ3n) is 2.92. The molecule has 0 aromatic carbocycles. The molecule has 0 aliphatic heterocycles. The number of hydrogen-bond acceptors (Lipinski definition) is 3. The molecule has 0 aromatic rings. The molecule has 13 heavy (non-hydrogen) atoms. The Morgan fingerprint density at radius 2 is 1.62 bits per heavy atom. The van der Waals surface area contributed by atoms with E-state index in [0.29, 0.717) is 19.3 Å².